The summed E-state index contributed by atoms with van der Waals surface area (Å²) in [7, 11) is 1.47. The van der Waals surface area contributed by atoms with E-state index in [0.29, 0.717) is 17.1 Å². The molecule has 2 rings (SSSR count). The first kappa shape index (κ1) is 20.2. The van der Waals surface area contributed by atoms with Crippen molar-refractivity contribution in [2.24, 2.45) is 0 Å². The summed E-state index contributed by atoms with van der Waals surface area (Å²) in [4.78, 5) is 24.1. The van der Waals surface area contributed by atoms with Crippen molar-refractivity contribution in [1.29, 1.82) is 0 Å². The number of carbonyl (C=O) groups excluding carboxylic acids is 2. The predicted molar refractivity (Wildman–Crippen MR) is 106 cm³/mol. The van der Waals surface area contributed by atoms with Crippen LogP contribution in [0.2, 0.25) is 0 Å². The molecule has 2 amide bonds. The number of thiocarbonyl (C=S) groups is 1. The molecule has 8 heteroatoms. The number of carbonyl (C=O) groups is 2. The molecule has 0 radical (unpaired) electrons. The molecule has 0 saturated heterocycles. The summed E-state index contributed by atoms with van der Waals surface area (Å²) < 4.78 is 10.6. The van der Waals surface area contributed by atoms with Crippen molar-refractivity contribution in [3.05, 3.63) is 59.2 Å². The third kappa shape index (κ3) is 5.68. The van der Waals surface area contributed by atoms with Crippen molar-refractivity contribution < 1.29 is 19.1 Å². The Morgan fingerprint density at radius 3 is 2.44 bits per heavy atom. The van der Waals surface area contributed by atoms with Crippen LogP contribution in [0, 0.1) is 13.8 Å². The molecule has 0 fully saturated rings. The number of rotatable bonds is 5. The minimum atomic E-state index is -0.453. The van der Waals surface area contributed by atoms with Gasteiger partial charge in [0.25, 0.3) is 11.8 Å². The van der Waals surface area contributed by atoms with Gasteiger partial charge in [0.15, 0.2) is 11.7 Å². The molecule has 2 aromatic carbocycles. The second kappa shape index (κ2) is 9.54. The first-order valence-corrected chi connectivity index (χ1v) is 8.55. The van der Waals surface area contributed by atoms with Crippen LogP contribution in [0.5, 0.6) is 11.5 Å². The molecule has 27 heavy (non-hydrogen) atoms. The Kier molecular flexibility index (Phi) is 7.13. The van der Waals surface area contributed by atoms with E-state index in [9.17, 15) is 9.59 Å². The number of hydrogen-bond donors (Lipinski definition) is 3. The minimum Gasteiger partial charge on any atom is -0.496 e. The summed E-state index contributed by atoms with van der Waals surface area (Å²) in [5.41, 5.74) is 7.21. The number of ether oxygens (including phenoxy) is 2. The van der Waals surface area contributed by atoms with Gasteiger partial charge in [0, 0.05) is 0 Å². The summed E-state index contributed by atoms with van der Waals surface area (Å²) in [5.74, 6) is 0.164. The van der Waals surface area contributed by atoms with Gasteiger partial charge in [0.1, 0.15) is 11.5 Å². The van der Waals surface area contributed by atoms with Gasteiger partial charge in [0.05, 0.1) is 12.7 Å². The Bertz CT molecular complexity index is 855. The van der Waals surface area contributed by atoms with Gasteiger partial charge in [-0.25, -0.2) is 0 Å². The van der Waals surface area contributed by atoms with Gasteiger partial charge in [-0.15, -0.1) is 0 Å². The molecule has 0 heterocycles. The van der Waals surface area contributed by atoms with Crippen LogP contribution in [0.15, 0.2) is 42.5 Å². The molecule has 142 valence electrons. The lowest BCUT2D eigenvalue weighted by atomic mass is 10.1. The molecular weight excluding hydrogens is 366 g/mol. The zero-order chi connectivity index (χ0) is 19.8. The maximum absolute atomic E-state index is 12.2. The van der Waals surface area contributed by atoms with Crippen molar-refractivity contribution in [2.45, 2.75) is 13.8 Å². The van der Waals surface area contributed by atoms with E-state index in [-0.39, 0.29) is 11.7 Å². The number of benzene rings is 2. The number of methoxy groups -OCH3 is 1. The number of para-hydroxylation sites is 1. The van der Waals surface area contributed by atoms with Crippen LogP contribution in [0.1, 0.15) is 21.5 Å². The van der Waals surface area contributed by atoms with E-state index in [1.807, 2.05) is 26.0 Å². The second-order valence-corrected chi connectivity index (χ2v) is 6.05. The van der Waals surface area contributed by atoms with Crippen LogP contribution in [-0.2, 0) is 4.79 Å². The average molecular weight is 387 g/mol. The van der Waals surface area contributed by atoms with Crippen LogP contribution in [0.4, 0.5) is 0 Å². The summed E-state index contributed by atoms with van der Waals surface area (Å²) in [6, 6.07) is 12.3. The fourth-order valence-electron chi connectivity index (χ4n) is 2.22. The zero-order valence-electron chi connectivity index (χ0n) is 15.3. The van der Waals surface area contributed by atoms with Crippen molar-refractivity contribution in [1.82, 2.24) is 16.2 Å². The van der Waals surface area contributed by atoms with E-state index in [1.54, 1.807) is 30.3 Å². The molecule has 3 N–H and O–H groups in total. The van der Waals surface area contributed by atoms with Crippen molar-refractivity contribution >= 4 is 29.1 Å². The van der Waals surface area contributed by atoms with Crippen LogP contribution in [0.25, 0.3) is 0 Å². The normalized spacial score (nSPS) is 9.89. The Labute approximate surface area is 163 Å². The summed E-state index contributed by atoms with van der Waals surface area (Å²) in [6.45, 7) is 3.69. The molecule has 0 saturated carbocycles. The minimum absolute atomic E-state index is 0.0500. The lowest BCUT2D eigenvalue weighted by Gasteiger charge is -2.13. The lowest BCUT2D eigenvalue weighted by Crippen LogP contribution is -2.49. The number of aryl methyl sites for hydroxylation is 1. The van der Waals surface area contributed by atoms with Gasteiger partial charge in [-0.1, -0.05) is 24.3 Å². The molecule has 0 aliphatic carbocycles. The smallest absolute Gasteiger partial charge is 0.276 e. The SMILES string of the molecule is COc1ccccc1C(=O)NC(=S)NNC(=O)COc1cccc(C)c1C. The Balaban J connectivity index is 1.80. The van der Waals surface area contributed by atoms with Gasteiger partial charge < -0.3 is 9.47 Å². The van der Waals surface area contributed by atoms with Crippen LogP contribution in [-0.4, -0.2) is 30.6 Å². The van der Waals surface area contributed by atoms with E-state index < -0.39 is 11.8 Å². The fourth-order valence-corrected chi connectivity index (χ4v) is 2.36. The van der Waals surface area contributed by atoms with E-state index >= 15 is 0 Å². The predicted octanol–water partition coefficient (Wildman–Crippen LogP) is 2.03. The molecule has 0 unspecified atom stereocenters. The lowest BCUT2D eigenvalue weighted by molar-refractivity contribution is -0.123. The highest BCUT2D eigenvalue weighted by Crippen LogP contribution is 2.20. The molecule has 0 aromatic heterocycles. The number of hydrogen-bond acceptors (Lipinski definition) is 5. The van der Waals surface area contributed by atoms with Crippen LogP contribution >= 0.6 is 12.2 Å². The van der Waals surface area contributed by atoms with Gasteiger partial charge in [-0.3, -0.25) is 25.8 Å². The molecular formula is C19H21N3O4S. The Morgan fingerprint density at radius 1 is 1.00 bits per heavy atom. The fraction of sp³-hybridized carbons (Fsp3) is 0.211. The molecule has 0 bridgehead atoms. The monoisotopic (exact) mass is 387 g/mol. The first-order valence-electron chi connectivity index (χ1n) is 8.14. The van der Waals surface area contributed by atoms with Gasteiger partial charge in [-0.2, -0.15) is 0 Å². The molecule has 0 aliphatic rings. The third-order valence-electron chi connectivity index (χ3n) is 3.81. The highest BCUT2D eigenvalue weighted by Gasteiger charge is 2.13. The molecule has 0 atom stereocenters. The maximum atomic E-state index is 12.2. The second-order valence-electron chi connectivity index (χ2n) is 5.64. The molecule has 0 spiro atoms. The van der Waals surface area contributed by atoms with Crippen molar-refractivity contribution in [3.8, 4) is 11.5 Å². The summed E-state index contributed by atoms with van der Waals surface area (Å²) in [5, 5.41) is 2.41. The van der Waals surface area contributed by atoms with E-state index in [2.05, 4.69) is 16.2 Å². The van der Waals surface area contributed by atoms with E-state index in [1.165, 1.54) is 7.11 Å². The van der Waals surface area contributed by atoms with Crippen LogP contribution in [0.3, 0.4) is 0 Å². The topological polar surface area (TPSA) is 88.7 Å². The summed E-state index contributed by atoms with van der Waals surface area (Å²) in [6.07, 6.45) is 0. The quantitative estimate of drug-likeness (QED) is 0.537. The standard InChI is InChI=1S/C19H21N3O4S/c1-12-7-6-10-15(13(12)2)26-11-17(23)21-22-19(27)20-18(24)14-8-4-5-9-16(14)25-3/h4-10H,11H2,1-3H3,(H,21,23)(H2,20,22,24,27). The largest absolute Gasteiger partial charge is 0.496 e. The highest BCUT2D eigenvalue weighted by molar-refractivity contribution is 7.80. The Morgan fingerprint density at radius 2 is 1.70 bits per heavy atom. The molecule has 2 aromatic rings. The maximum Gasteiger partial charge on any atom is 0.276 e. The van der Waals surface area contributed by atoms with Gasteiger partial charge >= 0.3 is 0 Å². The van der Waals surface area contributed by atoms with Crippen molar-refractivity contribution in [2.75, 3.05) is 13.7 Å². The molecule has 0 aliphatic heterocycles. The first-order chi connectivity index (χ1) is 12.9. The van der Waals surface area contributed by atoms with E-state index in [0.717, 1.165) is 11.1 Å². The summed E-state index contributed by atoms with van der Waals surface area (Å²) >= 11 is 5.00. The highest BCUT2D eigenvalue weighted by atomic mass is 32.1. The third-order valence-corrected chi connectivity index (χ3v) is 4.01. The number of hydrazine groups is 1. The van der Waals surface area contributed by atoms with Crippen molar-refractivity contribution in [3.63, 3.8) is 0 Å². The Hall–Kier alpha value is -3.13. The zero-order valence-corrected chi connectivity index (χ0v) is 16.1. The van der Waals surface area contributed by atoms with Gasteiger partial charge in [-0.05, 0) is 55.4 Å². The van der Waals surface area contributed by atoms with E-state index in [4.69, 9.17) is 21.7 Å². The molecule has 7 nitrogen and oxygen atoms in total. The van der Waals surface area contributed by atoms with Crippen LogP contribution < -0.4 is 25.6 Å². The van der Waals surface area contributed by atoms with Gasteiger partial charge in [0.2, 0.25) is 0 Å². The average Bonchev–Trinajstić information content (AvgIpc) is 2.67. The number of nitrogens with one attached hydrogen (secondary N) is 3. The number of amides is 2.